The van der Waals surface area contributed by atoms with Crippen LogP contribution in [0.1, 0.15) is 12.0 Å². The molecule has 5 nitrogen and oxygen atoms in total. The molecule has 1 unspecified atom stereocenters. The van der Waals surface area contributed by atoms with Crippen molar-refractivity contribution in [3.05, 3.63) is 29.8 Å². The molecule has 0 N–H and O–H groups in total. The molecule has 1 aliphatic rings. The Labute approximate surface area is 107 Å². The van der Waals surface area contributed by atoms with Crippen LogP contribution in [0.4, 0.5) is 0 Å². The van der Waals surface area contributed by atoms with Crippen LogP contribution in [0.3, 0.4) is 0 Å². The minimum Gasteiger partial charge on any atom is -0.380 e. The van der Waals surface area contributed by atoms with Crippen molar-refractivity contribution in [2.24, 2.45) is 0 Å². The summed E-state index contributed by atoms with van der Waals surface area (Å²) in [5.74, 6) is 0. The van der Waals surface area contributed by atoms with Gasteiger partial charge >= 0.3 is 0 Å². The molecule has 0 bridgehead atoms. The predicted molar refractivity (Wildman–Crippen MR) is 65.3 cm³/mol. The number of ether oxygens (including phenoxy) is 1. The number of nitriles is 1. The van der Waals surface area contributed by atoms with Crippen molar-refractivity contribution in [1.82, 2.24) is 4.31 Å². The van der Waals surface area contributed by atoms with E-state index in [-0.39, 0.29) is 16.5 Å². The predicted octanol–water partition coefficient (Wildman–Crippen LogP) is 0.968. The van der Waals surface area contributed by atoms with Gasteiger partial charge in [-0.1, -0.05) is 12.1 Å². The fraction of sp³-hybridized carbons (Fsp3) is 0.417. The summed E-state index contributed by atoms with van der Waals surface area (Å²) >= 11 is 0. The first-order valence-electron chi connectivity index (χ1n) is 5.62. The first-order chi connectivity index (χ1) is 8.57. The molecule has 6 heteroatoms. The average molecular weight is 266 g/mol. The van der Waals surface area contributed by atoms with Gasteiger partial charge in [0.1, 0.15) is 6.07 Å². The molecule has 0 aromatic heterocycles. The lowest BCUT2D eigenvalue weighted by molar-refractivity contribution is 0.181. The highest BCUT2D eigenvalue weighted by molar-refractivity contribution is 7.89. The van der Waals surface area contributed by atoms with Crippen molar-refractivity contribution in [3.8, 4) is 6.07 Å². The van der Waals surface area contributed by atoms with Gasteiger partial charge in [0.05, 0.1) is 23.1 Å². The maximum atomic E-state index is 12.4. The van der Waals surface area contributed by atoms with E-state index in [2.05, 4.69) is 0 Å². The van der Waals surface area contributed by atoms with Crippen LogP contribution in [0.2, 0.25) is 0 Å². The lowest BCUT2D eigenvalue weighted by atomic mass is 10.2. The zero-order chi connectivity index (χ0) is 13.2. The van der Waals surface area contributed by atoms with Gasteiger partial charge in [-0.3, -0.25) is 0 Å². The minimum atomic E-state index is -3.63. The SMILES string of the molecule is CN(C1CCOC1)S(=O)(=O)c1ccccc1C#N. The Morgan fingerprint density at radius 3 is 2.78 bits per heavy atom. The van der Waals surface area contributed by atoms with Gasteiger partial charge < -0.3 is 4.74 Å². The van der Waals surface area contributed by atoms with Crippen molar-refractivity contribution in [3.63, 3.8) is 0 Å². The molecule has 0 aliphatic carbocycles. The molecule has 0 radical (unpaired) electrons. The molecule has 1 aliphatic heterocycles. The maximum absolute atomic E-state index is 12.4. The largest absolute Gasteiger partial charge is 0.380 e. The third kappa shape index (κ3) is 2.25. The van der Waals surface area contributed by atoms with Gasteiger partial charge in [0.2, 0.25) is 10.0 Å². The van der Waals surface area contributed by atoms with Gasteiger partial charge in [0, 0.05) is 13.7 Å². The number of likely N-dealkylation sites (N-methyl/N-ethyl adjacent to an activating group) is 1. The normalized spacial score (nSPS) is 19.9. The number of benzene rings is 1. The molecular weight excluding hydrogens is 252 g/mol. The molecule has 1 heterocycles. The van der Waals surface area contributed by atoms with Crippen LogP contribution in [-0.2, 0) is 14.8 Å². The van der Waals surface area contributed by atoms with E-state index in [1.165, 1.54) is 23.5 Å². The lowest BCUT2D eigenvalue weighted by Gasteiger charge is -2.22. The highest BCUT2D eigenvalue weighted by Crippen LogP contribution is 2.23. The third-order valence-electron chi connectivity index (χ3n) is 3.08. The molecule has 2 rings (SSSR count). The number of rotatable bonds is 3. The smallest absolute Gasteiger partial charge is 0.244 e. The van der Waals surface area contributed by atoms with E-state index in [0.29, 0.717) is 19.6 Å². The molecule has 1 fully saturated rings. The van der Waals surface area contributed by atoms with E-state index in [1.807, 2.05) is 6.07 Å². The molecule has 0 spiro atoms. The summed E-state index contributed by atoms with van der Waals surface area (Å²) in [5, 5.41) is 8.97. The number of nitrogens with zero attached hydrogens (tertiary/aromatic N) is 2. The first kappa shape index (κ1) is 13.0. The van der Waals surface area contributed by atoms with E-state index >= 15 is 0 Å². The Bertz CT molecular complexity index is 571. The minimum absolute atomic E-state index is 0.0573. The quantitative estimate of drug-likeness (QED) is 0.817. The topological polar surface area (TPSA) is 70.4 Å². The fourth-order valence-corrected chi connectivity index (χ4v) is 3.46. The van der Waals surface area contributed by atoms with Gasteiger partial charge in [-0.15, -0.1) is 0 Å². The second kappa shape index (κ2) is 5.06. The van der Waals surface area contributed by atoms with E-state index in [0.717, 1.165) is 0 Å². The monoisotopic (exact) mass is 266 g/mol. The summed E-state index contributed by atoms with van der Waals surface area (Å²) in [4.78, 5) is 0.0573. The van der Waals surface area contributed by atoms with Crippen molar-refractivity contribution in [2.75, 3.05) is 20.3 Å². The van der Waals surface area contributed by atoms with Crippen molar-refractivity contribution in [1.29, 1.82) is 5.26 Å². The number of hydrogen-bond donors (Lipinski definition) is 0. The maximum Gasteiger partial charge on any atom is 0.244 e. The summed E-state index contributed by atoms with van der Waals surface area (Å²) in [6, 6.07) is 7.99. The molecule has 0 saturated carbocycles. The molecule has 1 saturated heterocycles. The Morgan fingerprint density at radius 2 is 2.17 bits per heavy atom. The molecule has 1 aromatic carbocycles. The number of hydrogen-bond acceptors (Lipinski definition) is 4. The van der Waals surface area contributed by atoms with E-state index in [4.69, 9.17) is 10.00 Å². The molecule has 18 heavy (non-hydrogen) atoms. The van der Waals surface area contributed by atoms with Crippen molar-refractivity contribution in [2.45, 2.75) is 17.4 Å². The Kier molecular flexibility index (Phi) is 3.66. The molecule has 1 atom stereocenters. The van der Waals surface area contributed by atoms with E-state index in [1.54, 1.807) is 12.1 Å². The van der Waals surface area contributed by atoms with Crippen LogP contribution < -0.4 is 0 Å². The van der Waals surface area contributed by atoms with E-state index in [9.17, 15) is 8.42 Å². The van der Waals surface area contributed by atoms with Crippen LogP contribution in [-0.4, -0.2) is 39.0 Å². The van der Waals surface area contributed by atoms with E-state index < -0.39 is 10.0 Å². The van der Waals surface area contributed by atoms with Crippen molar-refractivity contribution < 1.29 is 13.2 Å². The zero-order valence-electron chi connectivity index (χ0n) is 10.0. The van der Waals surface area contributed by atoms with Crippen LogP contribution in [0.25, 0.3) is 0 Å². The van der Waals surface area contributed by atoms with Gasteiger partial charge in [-0.2, -0.15) is 9.57 Å². The molecule has 96 valence electrons. The Hall–Kier alpha value is -1.42. The van der Waals surface area contributed by atoms with Crippen molar-refractivity contribution >= 4 is 10.0 Å². The second-order valence-electron chi connectivity index (χ2n) is 4.15. The Balaban J connectivity index is 2.39. The summed E-state index contributed by atoms with van der Waals surface area (Å²) in [6.07, 6.45) is 0.685. The summed E-state index contributed by atoms with van der Waals surface area (Å²) < 4.78 is 31.3. The van der Waals surface area contributed by atoms with Crippen LogP contribution in [0, 0.1) is 11.3 Å². The summed E-state index contributed by atoms with van der Waals surface area (Å²) in [7, 11) is -2.10. The molecular formula is C12H14N2O3S. The average Bonchev–Trinajstić information content (AvgIpc) is 2.91. The van der Waals surface area contributed by atoms with Gasteiger partial charge in [0.15, 0.2) is 0 Å². The first-order valence-corrected chi connectivity index (χ1v) is 7.06. The molecule has 0 amide bonds. The van der Waals surface area contributed by atoms with Crippen LogP contribution in [0.15, 0.2) is 29.2 Å². The highest BCUT2D eigenvalue weighted by atomic mass is 32.2. The molecule has 1 aromatic rings. The van der Waals surface area contributed by atoms with Gasteiger partial charge in [-0.05, 0) is 18.6 Å². The summed E-state index contributed by atoms with van der Waals surface area (Å²) in [6.45, 7) is 0.981. The van der Waals surface area contributed by atoms with Gasteiger partial charge in [-0.25, -0.2) is 8.42 Å². The highest BCUT2D eigenvalue weighted by Gasteiger charge is 2.31. The Morgan fingerprint density at radius 1 is 1.44 bits per heavy atom. The zero-order valence-corrected chi connectivity index (χ0v) is 10.9. The fourth-order valence-electron chi connectivity index (χ4n) is 1.94. The second-order valence-corrected chi connectivity index (χ2v) is 6.11. The van der Waals surface area contributed by atoms with Crippen LogP contribution >= 0.6 is 0 Å². The standard InChI is InChI=1S/C12H14N2O3S/c1-14(11-6-7-17-9-11)18(15,16)12-5-3-2-4-10(12)8-13/h2-5,11H,6-7,9H2,1H3. The van der Waals surface area contributed by atoms with Crippen LogP contribution in [0.5, 0.6) is 0 Å². The number of sulfonamides is 1. The lowest BCUT2D eigenvalue weighted by Crippen LogP contribution is -2.37. The van der Waals surface area contributed by atoms with Gasteiger partial charge in [0.25, 0.3) is 0 Å². The third-order valence-corrected chi connectivity index (χ3v) is 5.05. The summed E-state index contributed by atoms with van der Waals surface area (Å²) in [5.41, 5.74) is 0.170.